The first kappa shape index (κ1) is 11.3. The van der Waals surface area contributed by atoms with E-state index in [1.165, 1.54) is 12.1 Å². The van der Waals surface area contributed by atoms with E-state index in [1.807, 2.05) is 20.8 Å². The molecule has 0 amide bonds. The van der Waals surface area contributed by atoms with Crippen LogP contribution < -0.4 is 10.5 Å². The van der Waals surface area contributed by atoms with E-state index < -0.39 is 10.5 Å². The number of benzene rings is 1. The van der Waals surface area contributed by atoms with Crippen LogP contribution in [0.1, 0.15) is 20.8 Å². The van der Waals surface area contributed by atoms with E-state index in [0.717, 1.165) is 0 Å². The van der Waals surface area contributed by atoms with Crippen LogP contribution in [0.4, 0.5) is 11.4 Å². The summed E-state index contributed by atoms with van der Waals surface area (Å²) < 4.78 is 5.49. The minimum atomic E-state index is -0.494. The number of hydrogen-bond donors (Lipinski definition) is 1. The normalized spacial score (nSPS) is 11.1. The van der Waals surface area contributed by atoms with Gasteiger partial charge in [-0.1, -0.05) is 0 Å². The van der Waals surface area contributed by atoms with Gasteiger partial charge >= 0.3 is 0 Å². The molecule has 0 aliphatic rings. The van der Waals surface area contributed by atoms with Crippen LogP contribution in [-0.4, -0.2) is 10.5 Å². The molecular formula is C10H14N2O3. The zero-order chi connectivity index (χ0) is 11.6. The quantitative estimate of drug-likeness (QED) is 0.461. The Morgan fingerprint density at radius 2 is 1.93 bits per heavy atom. The highest BCUT2D eigenvalue weighted by atomic mass is 16.6. The second-order valence-electron chi connectivity index (χ2n) is 4.23. The Kier molecular flexibility index (Phi) is 2.83. The lowest BCUT2D eigenvalue weighted by Gasteiger charge is -2.21. The van der Waals surface area contributed by atoms with Crippen LogP contribution in [-0.2, 0) is 0 Å². The molecule has 0 aliphatic carbocycles. The number of nitrogens with two attached hydrogens (primary N) is 1. The number of non-ortho nitro benzene ring substituents is 1. The highest BCUT2D eigenvalue weighted by Crippen LogP contribution is 2.26. The van der Waals surface area contributed by atoms with Gasteiger partial charge in [0.2, 0.25) is 0 Å². The Morgan fingerprint density at radius 1 is 1.33 bits per heavy atom. The smallest absolute Gasteiger partial charge is 0.275 e. The van der Waals surface area contributed by atoms with Gasteiger partial charge in [0.05, 0.1) is 11.0 Å². The number of anilines is 1. The number of nitro groups is 1. The summed E-state index contributed by atoms with van der Waals surface area (Å²) in [6, 6.07) is 4.23. The van der Waals surface area contributed by atoms with Crippen molar-refractivity contribution >= 4 is 11.4 Å². The maximum absolute atomic E-state index is 10.6. The molecule has 82 valence electrons. The van der Waals surface area contributed by atoms with E-state index in [9.17, 15) is 10.1 Å². The molecule has 0 fully saturated rings. The summed E-state index contributed by atoms with van der Waals surface area (Å²) in [5, 5.41) is 10.6. The van der Waals surface area contributed by atoms with Crippen molar-refractivity contribution in [2.45, 2.75) is 26.4 Å². The summed E-state index contributed by atoms with van der Waals surface area (Å²) in [6.07, 6.45) is 0. The number of hydrogen-bond acceptors (Lipinski definition) is 4. The molecule has 0 saturated carbocycles. The van der Waals surface area contributed by atoms with Crippen LogP contribution in [0.25, 0.3) is 0 Å². The van der Waals surface area contributed by atoms with E-state index in [-0.39, 0.29) is 5.69 Å². The third-order valence-corrected chi connectivity index (χ3v) is 1.55. The molecule has 2 N–H and O–H groups in total. The summed E-state index contributed by atoms with van der Waals surface area (Å²) in [5.41, 5.74) is 5.39. The van der Waals surface area contributed by atoms with E-state index in [1.54, 1.807) is 6.07 Å². The monoisotopic (exact) mass is 210 g/mol. The molecule has 5 nitrogen and oxygen atoms in total. The molecule has 0 atom stereocenters. The molecule has 15 heavy (non-hydrogen) atoms. The SMILES string of the molecule is CC(C)(C)Oc1cc(N)cc([N+](=O)[O-])c1. The lowest BCUT2D eigenvalue weighted by molar-refractivity contribution is -0.384. The van der Waals surface area contributed by atoms with Gasteiger partial charge in [0.1, 0.15) is 11.4 Å². The number of nitrogen functional groups attached to an aromatic ring is 1. The number of rotatable bonds is 2. The van der Waals surface area contributed by atoms with Gasteiger partial charge in [-0.05, 0) is 20.8 Å². The van der Waals surface area contributed by atoms with Gasteiger partial charge in [0, 0.05) is 17.8 Å². The molecule has 0 aliphatic heterocycles. The summed E-state index contributed by atoms with van der Waals surface area (Å²) in [5.74, 6) is 0.411. The van der Waals surface area contributed by atoms with Crippen LogP contribution in [0.3, 0.4) is 0 Å². The fourth-order valence-electron chi connectivity index (χ4n) is 1.12. The molecule has 0 spiro atoms. The highest BCUT2D eigenvalue weighted by Gasteiger charge is 2.15. The molecule has 1 aromatic carbocycles. The van der Waals surface area contributed by atoms with Crippen molar-refractivity contribution in [3.63, 3.8) is 0 Å². The Labute approximate surface area is 88.0 Å². The zero-order valence-corrected chi connectivity index (χ0v) is 8.98. The van der Waals surface area contributed by atoms with Crippen molar-refractivity contribution in [2.24, 2.45) is 0 Å². The van der Waals surface area contributed by atoms with Gasteiger partial charge < -0.3 is 10.5 Å². The first-order valence-electron chi connectivity index (χ1n) is 4.52. The minimum Gasteiger partial charge on any atom is -0.488 e. The van der Waals surface area contributed by atoms with E-state index >= 15 is 0 Å². The molecular weight excluding hydrogens is 196 g/mol. The van der Waals surface area contributed by atoms with Crippen molar-refractivity contribution < 1.29 is 9.66 Å². The maximum atomic E-state index is 10.6. The van der Waals surface area contributed by atoms with Crippen molar-refractivity contribution in [2.75, 3.05) is 5.73 Å². The fraction of sp³-hybridized carbons (Fsp3) is 0.400. The van der Waals surface area contributed by atoms with Crippen molar-refractivity contribution in [1.29, 1.82) is 0 Å². The van der Waals surface area contributed by atoms with E-state index in [4.69, 9.17) is 10.5 Å². The van der Waals surface area contributed by atoms with Crippen LogP contribution in [0.5, 0.6) is 5.75 Å². The fourth-order valence-corrected chi connectivity index (χ4v) is 1.12. The van der Waals surface area contributed by atoms with Crippen molar-refractivity contribution in [3.8, 4) is 5.75 Å². The molecule has 0 bridgehead atoms. The van der Waals surface area contributed by atoms with Crippen LogP contribution in [0.15, 0.2) is 18.2 Å². The summed E-state index contributed by atoms with van der Waals surface area (Å²) in [6.45, 7) is 5.59. The predicted molar refractivity (Wildman–Crippen MR) is 57.9 cm³/mol. The molecule has 1 aromatic rings. The van der Waals surface area contributed by atoms with Gasteiger partial charge in [-0.15, -0.1) is 0 Å². The third-order valence-electron chi connectivity index (χ3n) is 1.55. The highest BCUT2D eigenvalue weighted by molar-refractivity contribution is 5.53. The Morgan fingerprint density at radius 3 is 2.40 bits per heavy atom. The topological polar surface area (TPSA) is 78.4 Å². The average molecular weight is 210 g/mol. The lowest BCUT2D eigenvalue weighted by Crippen LogP contribution is -2.23. The number of nitrogens with zero attached hydrogens (tertiary/aromatic N) is 1. The van der Waals surface area contributed by atoms with Crippen molar-refractivity contribution in [3.05, 3.63) is 28.3 Å². The van der Waals surface area contributed by atoms with Gasteiger partial charge in [-0.25, -0.2) is 0 Å². The van der Waals surface area contributed by atoms with E-state index in [0.29, 0.717) is 11.4 Å². The Bertz CT molecular complexity index is 383. The van der Waals surface area contributed by atoms with Gasteiger partial charge in [0.25, 0.3) is 5.69 Å². The molecule has 1 rings (SSSR count). The molecule has 0 aromatic heterocycles. The van der Waals surface area contributed by atoms with Gasteiger partial charge in [-0.2, -0.15) is 0 Å². The summed E-state index contributed by atoms with van der Waals surface area (Å²) >= 11 is 0. The standard InChI is InChI=1S/C10H14N2O3/c1-10(2,3)15-9-5-7(11)4-8(6-9)12(13)14/h4-6H,11H2,1-3H3. The molecule has 0 unspecified atom stereocenters. The lowest BCUT2D eigenvalue weighted by atomic mass is 10.2. The third kappa shape index (κ3) is 3.46. The summed E-state index contributed by atoms with van der Waals surface area (Å²) in [7, 11) is 0. The molecule has 0 radical (unpaired) electrons. The second kappa shape index (κ2) is 3.76. The Hall–Kier alpha value is -1.78. The second-order valence-corrected chi connectivity index (χ2v) is 4.23. The van der Waals surface area contributed by atoms with Crippen LogP contribution in [0.2, 0.25) is 0 Å². The summed E-state index contributed by atoms with van der Waals surface area (Å²) in [4.78, 5) is 10.1. The van der Waals surface area contributed by atoms with Gasteiger partial charge in [-0.3, -0.25) is 10.1 Å². The first-order chi connectivity index (χ1) is 6.78. The van der Waals surface area contributed by atoms with Crippen molar-refractivity contribution in [1.82, 2.24) is 0 Å². The minimum absolute atomic E-state index is 0.0609. The predicted octanol–water partition coefficient (Wildman–Crippen LogP) is 2.35. The molecule has 0 heterocycles. The van der Waals surface area contributed by atoms with Crippen LogP contribution >= 0.6 is 0 Å². The number of ether oxygens (including phenoxy) is 1. The average Bonchev–Trinajstić information content (AvgIpc) is 1.99. The molecule has 0 saturated heterocycles. The maximum Gasteiger partial charge on any atom is 0.275 e. The first-order valence-corrected chi connectivity index (χ1v) is 4.52. The Balaban J connectivity index is 3.04. The van der Waals surface area contributed by atoms with E-state index in [2.05, 4.69) is 0 Å². The molecule has 5 heteroatoms. The van der Waals surface area contributed by atoms with Gasteiger partial charge in [0.15, 0.2) is 0 Å². The number of nitro benzene ring substituents is 1. The zero-order valence-electron chi connectivity index (χ0n) is 8.98. The largest absolute Gasteiger partial charge is 0.488 e. The van der Waals surface area contributed by atoms with Crippen LogP contribution in [0, 0.1) is 10.1 Å².